The third-order valence-corrected chi connectivity index (χ3v) is 2.85. The summed E-state index contributed by atoms with van der Waals surface area (Å²) >= 11 is 2.85. The molecule has 0 aliphatic rings. The molecule has 1 amide bonds. The molecule has 2 rings (SSSR count). The smallest absolute Gasteiger partial charge is 0.246 e. The second kappa shape index (κ2) is 5.35. The first-order valence-electron chi connectivity index (χ1n) is 5.18. The van der Waals surface area contributed by atoms with E-state index in [4.69, 9.17) is 5.73 Å². The number of carbonyl (C=O) groups excluding carboxylic acids is 1. The highest BCUT2D eigenvalue weighted by atomic mass is 79.9. The van der Waals surface area contributed by atoms with Crippen molar-refractivity contribution in [2.24, 2.45) is 0 Å². The molecule has 3 N–H and O–H groups in total. The van der Waals surface area contributed by atoms with E-state index in [2.05, 4.69) is 26.3 Å². The predicted molar refractivity (Wildman–Crippen MR) is 69.3 cm³/mol. The first-order valence-corrected chi connectivity index (χ1v) is 5.97. The van der Waals surface area contributed by atoms with E-state index in [1.807, 2.05) is 0 Å². The van der Waals surface area contributed by atoms with Crippen LogP contribution in [0.1, 0.15) is 0 Å². The summed E-state index contributed by atoms with van der Waals surface area (Å²) in [4.78, 5) is 11.6. The summed E-state index contributed by atoms with van der Waals surface area (Å²) in [7, 11) is 0. The first kappa shape index (κ1) is 13.5. The van der Waals surface area contributed by atoms with Crippen molar-refractivity contribution in [3.63, 3.8) is 0 Å². The van der Waals surface area contributed by atoms with Crippen LogP contribution in [0.3, 0.4) is 0 Å². The number of rotatable bonds is 3. The van der Waals surface area contributed by atoms with Gasteiger partial charge in [0.2, 0.25) is 5.91 Å². The Kier molecular flexibility index (Phi) is 3.79. The van der Waals surface area contributed by atoms with E-state index >= 15 is 0 Å². The fraction of sp³-hybridized carbons (Fsp3) is 0.0909. The van der Waals surface area contributed by atoms with Crippen LogP contribution in [0.5, 0.6) is 0 Å². The first-order chi connectivity index (χ1) is 8.95. The summed E-state index contributed by atoms with van der Waals surface area (Å²) in [6.07, 6.45) is 2.84. The van der Waals surface area contributed by atoms with Gasteiger partial charge in [-0.2, -0.15) is 5.10 Å². The van der Waals surface area contributed by atoms with Crippen molar-refractivity contribution in [1.29, 1.82) is 0 Å². The SMILES string of the molecule is Nc1cnn(CC(=O)Nc2cc(F)c(Br)cc2F)c1. The summed E-state index contributed by atoms with van der Waals surface area (Å²) in [6, 6.07) is 1.84. The number of anilines is 2. The summed E-state index contributed by atoms with van der Waals surface area (Å²) in [5.41, 5.74) is 5.62. The Morgan fingerprint density at radius 1 is 1.42 bits per heavy atom. The van der Waals surface area contributed by atoms with Crippen LogP contribution in [0.15, 0.2) is 29.0 Å². The third kappa shape index (κ3) is 3.28. The Morgan fingerprint density at radius 2 is 2.16 bits per heavy atom. The van der Waals surface area contributed by atoms with Gasteiger partial charge in [0.25, 0.3) is 0 Å². The van der Waals surface area contributed by atoms with Gasteiger partial charge in [0.1, 0.15) is 18.2 Å². The Morgan fingerprint density at radius 3 is 2.79 bits per heavy atom. The molecule has 0 atom stereocenters. The lowest BCUT2D eigenvalue weighted by Gasteiger charge is -2.07. The van der Waals surface area contributed by atoms with Gasteiger partial charge in [0, 0.05) is 12.3 Å². The normalized spacial score (nSPS) is 10.5. The molecule has 2 aromatic rings. The zero-order chi connectivity index (χ0) is 14.0. The monoisotopic (exact) mass is 330 g/mol. The molecule has 1 heterocycles. The highest BCUT2D eigenvalue weighted by Crippen LogP contribution is 2.23. The second-order valence-corrected chi connectivity index (χ2v) is 4.62. The topological polar surface area (TPSA) is 72.9 Å². The van der Waals surface area contributed by atoms with Crippen molar-refractivity contribution in [2.75, 3.05) is 11.1 Å². The van der Waals surface area contributed by atoms with Gasteiger partial charge in [-0.25, -0.2) is 8.78 Å². The molecule has 0 saturated heterocycles. The van der Waals surface area contributed by atoms with Gasteiger partial charge in [-0.3, -0.25) is 9.48 Å². The van der Waals surface area contributed by atoms with Crippen LogP contribution in [0.25, 0.3) is 0 Å². The molecule has 5 nitrogen and oxygen atoms in total. The fourth-order valence-electron chi connectivity index (χ4n) is 1.42. The van der Waals surface area contributed by atoms with Gasteiger partial charge in [-0.15, -0.1) is 0 Å². The van der Waals surface area contributed by atoms with Crippen LogP contribution >= 0.6 is 15.9 Å². The van der Waals surface area contributed by atoms with E-state index in [0.29, 0.717) is 5.69 Å². The second-order valence-electron chi connectivity index (χ2n) is 3.77. The number of amides is 1. The number of aromatic nitrogens is 2. The van der Waals surface area contributed by atoms with Gasteiger partial charge < -0.3 is 11.1 Å². The van der Waals surface area contributed by atoms with Gasteiger partial charge in [-0.05, 0) is 22.0 Å². The minimum absolute atomic E-state index is 0.0113. The Balaban J connectivity index is 2.09. The number of hydrogen-bond acceptors (Lipinski definition) is 3. The molecule has 0 unspecified atom stereocenters. The molecule has 0 saturated carbocycles. The molecular weight excluding hydrogens is 322 g/mol. The van der Waals surface area contributed by atoms with Crippen LogP contribution in [0, 0.1) is 11.6 Å². The number of hydrogen-bond donors (Lipinski definition) is 2. The average molecular weight is 331 g/mol. The van der Waals surface area contributed by atoms with Crippen LogP contribution in [-0.4, -0.2) is 15.7 Å². The molecule has 19 heavy (non-hydrogen) atoms. The molecule has 8 heteroatoms. The van der Waals surface area contributed by atoms with Crippen LogP contribution in [-0.2, 0) is 11.3 Å². The van der Waals surface area contributed by atoms with Crippen molar-refractivity contribution in [1.82, 2.24) is 9.78 Å². The van der Waals surface area contributed by atoms with Gasteiger partial charge in [0.05, 0.1) is 22.0 Å². The lowest BCUT2D eigenvalue weighted by Crippen LogP contribution is -2.19. The average Bonchev–Trinajstić information content (AvgIpc) is 2.71. The number of nitrogens with two attached hydrogens (primary N) is 1. The lowest BCUT2D eigenvalue weighted by atomic mass is 10.3. The Hall–Kier alpha value is -1.96. The molecule has 0 aliphatic carbocycles. The van der Waals surface area contributed by atoms with Crippen molar-refractivity contribution < 1.29 is 13.6 Å². The van der Waals surface area contributed by atoms with Gasteiger partial charge in [0.15, 0.2) is 0 Å². The van der Waals surface area contributed by atoms with Crippen molar-refractivity contribution in [2.45, 2.75) is 6.54 Å². The highest BCUT2D eigenvalue weighted by molar-refractivity contribution is 9.10. The van der Waals surface area contributed by atoms with E-state index in [0.717, 1.165) is 12.1 Å². The number of nitrogen functional groups attached to an aromatic ring is 1. The third-order valence-electron chi connectivity index (χ3n) is 2.24. The minimum Gasteiger partial charge on any atom is -0.396 e. The van der Waals surface area contributed by atoms with E-state index in [9.17, 15) is 13.6 Å². The number of halogens is 3. The van der Waals surface area contributed by atoms with Crippen LogP contribution < -0.4 is 11.1 Å². The molecule has 0 aliphatic heterocycles. The lowest BCUT2D eigenvalue weighted by molar-refractivity contribution is -0.116. The maximum absolute atomic E-state index is 13.5. The van der Waals surface area contributed by atoms with Crippen molar-refractivity contribution in [3.05, 3.63) is 40.6 Å². The van der Waals surface area contributed by atoms with E-state index in [1.165, 1.54) is 17.1 Å². The molecule has 0 fully saturated rings. The van der Waals surface area contributed by atoms with E-state index in [-0.39, 0.29) is 16.7 Å². The molecule has 1 aromatic heterocycles. The maximum Gasteiger partial charge on any atom is 0.246 e. The minimum atomic E-state index is -0.735. The molecular formula is C11H9BrF2N4O. The number of carbonyl (C=O) groups is 1. The fourth-order valence-corrected chi connectivity index (χ4v) is 1.74. The molecule has 100 valence electrons. The molecule has 1 aromatic carbocycles. The number of benzene rings is 1. The summed E-state index contributed by atoms with van der Waals surface area (Å²) in [5, 5.41) is 6.07. The molecule has 0 bridgehead atoms. The van der Waals surface area contributed by atoms with E-state index in [1.54, 1.807) is 0 Å². The summed E-state index contributed by atoms with van der Waals surface area (Å²) in [5.74, 6) is -1.94. The standard InChI is InChI=1S/C11H9BrF2N4O/c12-7-1-9(14)10(2-8(7)13)17-11(19)5-18-4-6(15)3-16-18/h1-4H,5,15H2,(H,17,19). The van der Waals surface area contributed by atoms with Crippen LogP contribution in [0.4, 0.5) is 20.2 Å². The maximum atomic E-state index is 13.5. The zero-order valence-electron chi connectivity index (χ0n) is 9.53. The van der Waals surface area contributed by atoms with Gasteiger partial charge >= 0.3 is 0 Å². The van der Waals surface area contributed by atoms with Crippen molar-refractivity contribution >= 4 is 33.2 Å². The number of nitrogens with zero attached hydrogens (tertiary/aromatic N) is 2. The quantitative estimate of drug-likeness (QED) is 0.847. The van der Waals surface area contributed by atoms with E-state index < -0.39 is 17.5 Å². The number of nitrogens with one attached hydrogen (secondary N) is 1. The summed E-state index contributed by atoms with van der Waals surface area (Å²) in [6.45, 7) is -0.145. The largest absolute Gasteiger partial charge is 0.396 e. The van der Waals surface area contributed by atoms with Crippen LogP contribution in [0.2, 0.25) is 0 Å². The Bertz CT molecular complexity index is 629. The van der Waals surface area contributed by atoms with Gasteiger partial charge in [-0.1, -0.05) is 0 Å². The summed E-state index contributed by atoms with van der Waals surface area (Å²) < 4.78 is 28.0. The van der Waals surface area contributed by atoms with Crippen molar-refractivity contribution in [3.8, 4) is 0 Å². The zero-order valence-corrected chi connectivity index (χ0v) is 11.1. The molecule has 0 radical (unpaired) electrons. The molecule has 0 spiro atoms. The predicted octanol–water partition coefficient (Wildman–Crippen LogP) is 2.14. The highest BCUT2D eigenvalue weighted by Gasteiger charge is 2.11. The Labute approximate surface area is 115 Å².